The van der Waals surface area contributed by atoms with Gasteiger partial charge >= 0.3 is 5.85 Å². The molecule has 1 amide bonds. The van der Waals surface area contributed by atoms with Crippen LogP contribution in [0.25, 0.3) is 6.08 Å². The summed E-state index contributed by atoms with van der Waals surface area (Å²) in [5.41, 5.74) is 3.88. The van der Waals surface area contributed by atoms with Crippen molar-refractivity contribution in [3.8, 4) is 5.75 Å². The van der Waals surface area contributed by atoms with Crippen LogP contribution < -0.4 is 10.1 Å². The Hall–Kier alpha value is -3.22. The van der Waals surface area contributed by atoms with Crippen LogP contribution in [0.5, 0.6) is 5.75 Å². The van der Waals surface area contributed by atoms with Crippen molar-refractivity contribution in [3.05, 3.63) is 105 Å². The van der Waals surface area contributed by atoms with Crippen LogP contribution in [0.2, 0.25) is 5.02 Å². The fraction of sp³-hybridized carbons (Fsp3) is 0.120. The van der Waals surface area contributed by atoms with Gasteiger partial charge in [0, 0.05) is 17.0 Å². The Bertz CT molecular complexity index is 1290. The minimum Gasteiger partial charge on any atom is -0.444 e. The summed E-state index contributed by atoms with van der Waals surface area (Å²) in [4.78, 5) is 13.4. The molecule has 0 aliphatic carbocycles. The maximum atomic E-state index is 12.7. The summed E-state index contributed by atoms with van der Waals surface area (Å²) < 4.78 is 6.53. The molecule has 7 heteroatoms. The van der Waals surface area contributed by atoms with Gasteiger partial charge in [0.05, 0.1) is 16.7 Å². The van der Waals surface area contributed by atoms with Crippen LogP contribution in [-0.2, 0) is 0 Å². The van der Waals surface area contributed by atoms with E-state index in [2.05, 4.69) is 23.5 Å². The topological polar surface area (TPSA) is 53.9 Å². The van der Waals surface area contributed by atoms with Crippen LogP contribution in [0, 0.1) is 0 Å². The van der Waals surface area contributed by atoms with Crippen molar-refractivity contribution >= 4 is 40.4 Å². The molecule has 3 heterocycles. The van der Waals surface area contributed by atoms with Gasteiger partial charge in [-0.3, -0.25) is 10.1 Å². The number of fused-ring (bicyclic) bond motifs is 4. The summed E-state index contributed by atoms with van der Waals surface area (Å²) in [7, 11) is 0. The average molecular weight is 460 g/mol. The molecule has 0 aromatic heterocycles. The Labute approximate surface area is 194 Å². The number of ether oxygens (including phenoxy) is 1. The van der Waals surface area contributed by atoms with E-state index in [1.54, 1.807) is 0 Å². The van der Waals surface area contributed by atoms with Crippen molar-refractivity contribution in [2.24, 2.45) is 5.10 Å². The van der Waals surface area contributed by atoms with Gasteiger partial charge in [0.25, 0.3) is 5.24 Å². The van der Waals surface area contributed by atoms with Crippen molar-refractivity contribution < 1.29 is 9.53 Å². The zero-order valence-electron chi connectivity index (χ0n) is 16.9. The van der Waals surface area contributed by atoms with Crippen LogP contribution >= 0.6 is 23.4 Å². The highest BCUT2D eigenvalue weighted by molar-refractivity contribution is 8.17. The number of halogens is 1. The Morgan fingerprint density at radius 3 is 2.66 bits per heavy atom. The molecular weight excluding hydrogens is 442 g/mol. The number of nitrogens with one attached hydrogen (secondary N) is 1. The third-order valence-electron chi connectivity index (χ3n) is 5.88. The van der Waals surface area contributed by atoms with Crippen molar-refractivity contribution in [1.29, 1.82) is 0 Å². The summed E-state index contributed by atoms with van der Waals surface area (Å²) in [5.74, 6) is -0.484. The van der Waals surface area contributed by atoms with E-state index in [0.717, 1.165) is 39.9 Å². The van der Waals surface area contributed by atoms with Crippen LogP contribution in [0.15, 0.2) is 88.9 Å². The Kier molecular flexibility index (Phi) is 4.52. The second kappa shape index (κ2) is 7.43. The van der Waals surface area contributed by atoms with Crippen LogP contribution in [0.4, 0.5) is 4.79 Å². The number of rotatable bonds is 2. The highest BCUT2D eigenvalue weighted by Gasteiger charge is 2.58. The lowest BCUT2D eigenvalue weighted by atomic mass is 9.95. The molecule has 0 unspecified atom stereocenters. The molecule has 6 rings (SSSR count). The van der Waals surface area contributed by atoms with Gasteiger partial charge in [-0.2, -0.15) is 5.10 Å². The fourth-order valence-corrected chi connectivity index (χ4v) is 5.49. The van der Waals surface area contributed by atoms with Gasteiger partial charge in [0.1, 0.15) is 5.75 Å². The molecule has 0 radical (unpaired) electrons. The molecule has 1 spiro atoms. The summed E-state index contributed by atoms with van der Waals surface area (Å²) >= 11 is 7.53. The number of benzene rings is 3. The third kappa shape index (κ3) is 3.02. The minimum absolute atomic E-state index is 0.0659. The smallest absolute Gasteiger partial charge is 0.314 e. The first-order valence-corrected chi connectivity index (χ1v) is 11.5. The van der Waals surface area contributed by atoms with Crippen LogP contribution in [-0.4, -0.2) is 21.8 Å². The molecule has 158 valence electrons. The van der Waals surface area contributed by atoms with Crippen LogP contribution in [0.1, 0.15) is 29.2 Å². The molecule has 3 aliphatic rings. The van der Waals surface area contributed by atoms with Gasteiger partial charge in [-0.25, -0.2) is 5.01 Å². The number of amides is 1. The Balaban J connectivity index is 1.53. The maximum absolute atomic E-state index is 12.7. The number of thioether (sulfide) groups is 1. The SMILES string of the molecule is O=C1N[C@]2(Oc3ccccc3[C@H]3CC(c4ccccc4)=NN32)/C(=C/c2ccccc2Cl)S1. The molecule has 1 fully saturated rings. The second-order valence-corrected chi connectivity index (χ2v) is 9.23. The van der Waals surface area contributed by atoms with Crippen molar-refractivity contribution in [2.45, 2.75) is 18.3 Å². The number of para-hydroxylation sites is 1. The van der Waals surface area contributed by atoms with E-state index in [9.17, 15) is 4.79 Å². The lowest BCUT2D eigenvalue weighted by Gasteiger charge is -2.45. The minimum atomic E-state index is -1.23. The monoisotopic (exact) mass is 459 g/mol. The first-order chi connectivity index (χ1) is 15.6. The van der Waals surface area contributed by atoms with Crippen molar-refractivity contribution in [1.82, 2.24) is 10.3 Å². The fourth-order valence-electron chi connectivity index (χ4n) is 4.40. The molecule has 0 saturated carbocycles. The zero-order chi connectivity index (χ0) is 21.7. The molecule has 3 aliphatic heterocycles. The highest BCUT2D eigenvalue weighted by Crippen LogP contribution is 2.52. The van der Waals surface area contributed by atoms with E-state index in [1.807, 2.05) is 71.7 Å². The van der Waals surface area contributed by atoms with E-state index >= 15 is 0 Å². The Morgan fingerprint density at radius 2 is 1.81 bits per heavy atom. The third-order valence-corrected chi connectivity index (χ3v) is 7.12. The molecule has 1 saturated heterocycles. The second-order valence-electron chi connectivity index (χ2n) is 7.81. The summed E-state index contributed by atoms with van der Waals surface area (Å²) in [6, 6.07) is 25.5. The first-order valence-electron chi connectivity index (χ1n) is 10.3. The molecule has 0 bridgehead atoms. The largest absolute Gasteiger partial charge is 0.444 e. The van der Waals surface area contributed by atoms with Gasteiger partial charge in [-0.05, 0) is 41.1 Å². The standard InChI is InChI=1S/C25H18ClN3O2S/c26-19-12-6-4-10-17(19)14-23-25(27-24(30)32-23)29-21(18-11-5-7-13-22(18)31-25)15-20(28-29)16-8-2-1-3-9-16/h1-14,21H,15H2,(H,27,30)/b23-14-/t21-,25-/m1/s1. The van der Waals surface area contributed by atoms with Gasteiger partial charge in [0.15, 0.2) is 0 Å². The molecule has 5 nitrogen and oxygen atoms in total. The molecule has 3 aromatic carbocycles. The molecule has 2 atom stereocenters. The predicted octanol–water partition coefficient (Wildman–Crippen LogP) is 6.03. The highest BCUT2D eigenvalue weighted by atomic mass is 35.5. The lowest BCUT2D eigenvalue weighted by molar-refractivity contribution is -0.0949. The molecular formula is C25H18ClN3O2S. The summed E-state index contributed by atoms with van der Waals surface area (Å²) in [6.07, 6.45) is 2.62. The molecule has 32 heavy (non-hydrogen) atoms. The average Bonchev–Trinajstić information content (AvgIpc) is 3.39. The quantitative estimate of drug-likeness (QED) is 0.508. The van der Waals surface area contributed by atoms with Gasteiger partial charge < -0.3 is 4.74 Å². The first kappa shape index (κ1) is 19.5. The number of nitrogens with zero attached hydrogens (tertiary/aromatic N) is 2. The predicted molar refractivity (Wildman–Crippen MR) is 128 cm³/mol. The normalized spacial score (nSPS) is 24.7. The summed E-state index contributed by atoms with van der Waals surface area (Å²) in [6.45, 7) is 0. The lowest BCUT2D eigenvalue weighted by Crippen LogP contribution is -2.61. The zero-order valence-corrected chi connectivity index (χ0v) is 18.4. The van der Waals surface area contributed by atoms with Crippen molar-refractivity contribution in [2.75, 3.05) is 0 Å². The summed E-state index contributed by atoms with van der Waals surface area (Å²) in [5, 5.41) is 10.4. The van der Waals surface area contributed by atoms with E-state index < -0.39 is 5.85 Å². The number of hydrogen-bond donors (Lipinski definition) is 1. The Morgan fingerprint density at radius 1 is 1.06 bits per heavy atom. The molecule has 1 N–H and O–H groups in total. The van der Waals surface area contributed by atoms with Crippen LogP contribution in [0.3, 0.4) is 0 Å². The van der Waals surface area contributed by atoms with Gasteiger partial charge in [-0.15, -0.1) is 0 Å². The number of carbonyl (C=O) groups is 1. The van der Waals surface area contributed by atoms with E-state index in [-0.39, 0.29) is 11.3 Å². The maximum Gasteiger partial charge on any atom is 0.314 e. The van der Waals surface area contributed by atoms with E-state index in [0.29, 0.717) is 16.3 Å². The van der Waals surface area contributed by atoms with E-state index in [4.69, 9.17) is 21.4 Å². The number of hydrogen-bond acceptors (Lipinski definition) is 5. The van der Waals surface area contributed by atoms with Crippen molar-refractivity contribution in [3.63, 3.8) is 0 Å². The van der Waals surface area contributed by atoms with Gasteiger partial charge in [-0.1, -0.05) is 78.3 Å². The number of carbonyl (C=O) groups excluding carboxylic acids is 1. The molecule has 3 aromatic rings. The number of hydrazone groups is 1. The van der Waals surface area contributed by atoms with E-state index in [1.165, 1.54) is 0 Å². The van der Waals surface area contributed by atoms with Gasteiger partial charge in [0.2, 0.25) is 0 Å².